The lowest BCUT2D eigenvalue weighted by molar-refractivity contribution is -0.137. The van der Waals surface area contributed by atoms with E-state index in [1.165, 1.54) is 37.8 Å². The van der Waals surface area contributed by atoms with Crippen LogP contribution in [0.3, 0.4) is 0 Å². The number of ether oxygens (including phenoxy) is 1. The van der Waals surface area contributed by atoms with E-state index in [9.17, 15) is 18.3 Å². The number of alkyl halides is 3. The van der Waals surface area contributed by atoms with Gasteiger partial charge in [0.25, 0.3) is 0 Å². The summed E-state index contributed by atoms with van der Waals surface area (Å²) in [6.07, 6.45) is 0.548. The Morgan fingerprint density at radius 2 is 1.90 bits per heavy atom. The Labute approximate surface area is 170 Å². The Morgan fingerprint density at radius 1 is 1.10 bits per heavy atom. The Morgan fingerprint density at radius 3 is 2.55 bits per heavy atom. The van der Waals surface area contributed by atoms with Gasteiger partial charge in [-0.05, 0) is 55.2 Å². The summed E-state index contributed by atoms with van der Waals surface area (Å²) in [4.78, 5) is 4.14. The first-order chi connectivity index (χ1) is 13.9. The minimum atomic E-state index is -4.32. The number of piperazine rings is 1. The van der Waals surface area contributed by atoms with Crippen molar-refractivity contribution >= 4 is 5.69 Å². The van der Waals surface area contributed by atoms with E-state index in [1.54, 1.807) is 6.07 Å². The number of benzene rings is 1. The van der Waals surface area contributed by atoms with Crippen LogP contribution in [0.1, 0.15) is 31.2 Å². The summed E-state index contributed by atoms with van der Waals surface area (Å²) in [6.45, 7) is 4.43. The smallest absolute Gasteiger partial charge is 0.389 e. The van der Waals surface area contributed by atoms with Gasteiger partial charge in [-0.15, -0.1) is 0 Å². The maximum atomic E-state index is 12.9. The van der Waals surface area contributed by atoms with E-state index < -0.39 is 17.8 Å². The molecule has 1 aromatic carbocycles. The molecule has 0 amide bonds. The van der Waals surface area contributed by atoms with Gasteiger partial charge in [0.2, 0.25) is 0 Å². The average molecular weight is 412 g/mol. The molecule has 1 heterocycles. The van der Waals surface area contributed by atoms with E-state index in [0.29, 0.717) is 37.8 Å². The molecular weight excluding hydrogens is 381 g/mol. The van der Waals surface area contributed by atoms with Gasteiger partial charge in [0.15, 0.2) is 0 Å². The van der Waals surface area contributed by atoms with Crippen LogP contribution in [0.15, 0.2) is 24.3 Å². The minimum Gasteiger partial charge on any atom is -0.389 e. The topological polar surface area (TPSA) is 35.9 Å². The standard InChI is InChI=1S/C22H31F3N2O2/c23-22(24,25)19-2-1-3-20(12-19)27-8-6-26(7-9-27)13-21(28)15-29-14-18-11-16-4-5-17(18)10-16/h1-3,12,16-18,21,28H,4-11,13-15H2/t16-,17-,18-,21-/m0/s1. The second kappa shape index (κ2) is 8.82. The summed E-state index contributed by atoms with van der Waals surface area (Å²) in [7, 11) is 0. The zero-order chi connectivity index (χ0) is 20.4. The van der Waals surface area contributed by atoms with Crippen LogP contribution in [-0.4, -0.2) is 62.0 Å². The van der Waals surface area contributed by atoms with Gasteiger partial charge in [0, 0.05) is 45.0 Å². The third kappa shape index (κ3) is 5.25. The molecule has 1 saturated heterocycles. The van der Waals surface area contributed by atoms with Crippen molar-refractivity contribution in [1.29, 1.82) is 0 Å². The lowest BCUT2D eigenvalue weighted by Gasteiger charge is -2.37. The SMILES string of the molecule is O[C@H](COC[C@@H]1C[C@H]2CC[C@H]1C2)CN1CCN(c2cccc(C(F)(F)F)c2)CC1. The molecule has 0 aromatic heterocycles. The van der Waals surface area contributed by atoms with Crippen LogP contribution in [0, 0.1) is 17.8 Å². The average Bonchev–Trinajstić information content (AvgIpc) is 3.31. The van der Waals surface area contributed by atoms with Crippen molar-refractivity contribution in [1.82, 2.24) is 4.90 Å². The van der Waals surface area contributed by atoms with Gasteiger partial charge in [0.1, 0.15) is 0 Å². The second-order valence-electron chi connectivity index (χ2n) is 8.96. The van der Waals surface area contributed by atoms with Gasteiger partial charge in [0.05, 0.1) is 18.3 Å². The summed E-state index contributed by atoms with van der Waals surface area (Å²) in [6, 6.07) is 5.51. The predicted octanol–water partition coefficient (Wildman–Crippen LogP) is 3.64. The fourth-order valence-electron chi connectivity index (χ4n) is 5.35. The van der Waals surface area contributed by atoms with E-state index in [1.807, 2.05) is 4.90 Å². The molecule has 3 fully saturated rings. The Kier molecular flexibility index (Phi) is 6.37. The molecule has 2 saturated carbocycles. The van der Waals surface area contributed by atoms with Crippen molar-refractivity contribution in [3.63, 3.8) is 0 Å². The molecule has 0 unspecified atom stereocenters. The quantitative estimate of drug-likeness (QED) is 0.742. The fraction of sp³-hybridized carbons (Fsp3) is 0.727. The van der Waals surface area contributed by atoms with Crippen LogP contribution in [0.2, 0.25) is 0 Å². The summed E-state index contributed by atoms with van der Waals surface area (Å²) < 4.78 is 44.6. The maximum Gasteiger partial charge on any atom is 0.416 e. The van der Waals surface area contributed by atoms with E-state index >= 15 is 0 Å². The fourth-order valence-corrected chi connectivity index (χ4v) is 5.35. The number of hydrogen-bond acceptors (Lipinski definition) is 4. The molecule has 29 heavy (non-hydrogen) atoms. The predicted molar refractivity (Wildman–Crippen MR) is 106 cm³/mol. The molecule has 2 bridgehead atoms. The van der Waals surface area contributed by atoms with Crippen molar-refractivity contribution < 1.29 is 23.0 Å². The molecule has 7 heteroatoms. The highest BCUT2D eigenvalue weighted by Crippen LogP contribution is 2.48. The maximum absolute atomic E-state index is 12.9. The first kappa shape index (κ1) is 20.9. The number of rotatable bonds is 7. The Hall–Kier alpha value is -1.31. The molecule has 0 radical (unpaired) electrons. The van der Waals surface area contributed by atoms with Gasteiger partial charge in [-0.25, -0.2) is 0 Å². The van der Waals surface area contributed by atoms with Crippen LogP contribution in [0.25, 0.3) is 0 Å². The van der Waals surface area contributed by atoms with Crippen molar-refractivity contribution in [2.45, 2.75) is 38.0 Å². The number of fused-ring (bicyclic) bond motifs is 2. The lowest BCUT2D eigenvalue weighted by Crippen LogP contribution is -2.49. The summed E-state index contributed by atoms with van der Waals surface area (Å²) in [5, 5.41) is 10.3. The summed E-state index contributed by atoms with van der Waals surface area (Å²) in [5.74, 6) is 2.42. The zero-order valence-corrected chi connectivity index (χ0v) is 16.8. The molecule has 4 atom stereocenters. The minimum absolute atomic E-state index is 0.363. The largest absolute Gasteiger partial charge is 0.416 e. The molecule has 1 N–H and O–H groups in total. The number of anilines is 1. The van der Waals surface area contributed by atoms with E-state index in [-0.39, 0.29) is 0 Å². The third-order valence-corrected chi connectivity index (χ3v) is 6.91. The number of aliphatic hydroxyl groups excluding tert-OH is 1. The Bertz CT molecular complexity index is 676. The van der Waals surface area contributed by atoms with E-state index in [4.69, 9.17) is 4.74 Å². The van der Waals surface area contributed by atoms with Crippen molar-refractivity contribution in [2.75, 3.05) is 50.8 Å². The third-order valence-electron chi connectivity index (χ3n) is 6.91. The monoisotopic (exact) mass is 412 g/mol. The normalized spacial score (nSPS) is 28.8. The Balaban J connectivity index is 1.17. The van der Waals surface area contributed by atoms with Gasteiger partial charge in [-0.2, -0.15) is 13.2 Å². The molecule has 4 rings (SSSR count). The second-order valence-corrected chi connectivity index (χ2v) is 8.96. The molecule has 2 aliphatic carbocycles. The number of hydrogen-bond donors (Lipinski definition) is 1. The number of halogens is 3. The zero-order valence-electron chi connectivity index (χ0n) is 16.8. The molecule has 3 aliphatic rings. The lowest BCUT2D eigenvalue weighted by atomic mass is 9.90. The van der Waals surface area contributed by atoms with Crippen molar-refractivity contribution in [2.24, 2.45) is 17.8 Å². The van der Waals surface area contributed by atoms with Crippen LogP contribution >= 0.6 is 0 Å². The van der Waals surface area contributed by atoms with Crippen molar-refractivity contribution in [3.8, 4) is 0 Å². The van der Waals surface area contributed by atoms with Gasteiger partial charge < -0.3 is 14.7 Å². The van der Waals surface area contributed by atoms with Crippen LogP contribution in [0.4, 0.5) is 18.9 Å². The molecular formula is C22H31F3N2O2. The highest BCUT2D eigenvalue weighted by atomic mass is 19.4. The highest BCUT2D eigenvalue weighted by Gasteiger charge is 2.39. The van der Waals surface area contributed by atoms with E-state index in [2.05, 4.69) is 4.90 Å². The van der Waals surface area contributed by atoms with Crippen LogP contribution < -0.4 is 4.90 Å². The first-order valence-electron chi connectivity index (χ1n) is 10.8. The van der Waals surface area contributed by atoms with Crippen LogP contribution in [0.5, 0.6) is 0 Å². The molecule has 162 valence electrons. The van der Waals surface area contributed by atoms with Crippen molar-refractivity contribution in [3.05, 3.63) is 29.8 Å². The van der Waals surface area contributed by atoms with Gasteiger partial charge >= 0.3 is 6.18 Å². The van der Waals surface area contributed by atoms with Gasteiger partial charge in [-0.3, -0.25) is 4.90 Å². The molecule has 0 spiro atoms. The molecule has 1 aromatic rings. The summed E-state index contributed by atoms with van der Waals surface area (Å²) in [5.41, 5.74) is -0.00490. The highest BCUT2D eigenvalue weighted by molar-refractivity contribution is 5.49. The molecule has 1 aliphatic heterocycles. The number of nitrogens with zero attached hydrogens (tertiary/aromatic N) is 2. The molecule has 4 nitrogen and oxygen atoms in total. The first-order valence-corrected chi connectivity index (χ1v) is 10.8. The van der Waals surface area contributed by atoms with E-state index in [0.717, 1.165) is 37.6 Å². The number of β-amino-alcohol motifs (C(OH)–C–C–N with tert-alkyl or cyclic N) is 1. The number of aliphatic hydroxyl groups is 1. The summed E-state index contributed by atoms with van der Waals surface area (Å²) >= 11 is 0. The van der Waals surface area contributed by atoms with Crippen LogP contribution in [-0.2, 0) is 10.9 Å². The van der Waals surface area contributed by atoms with Gasteiger partial charge in [-0.1, -0.05) is 12.5 Å².